The second kappa shape index (κ2) is 6.81. The van der Waals surface area contributed by atoms with E-state index in [0.29, 0.717) is 6.54 Å². The number of nitrogens with one attached hydrogen (secondary N) is 2. The molecule has 0 saturated carbocycles. The minimum atomic E-state index is -0.0948. The average molecular weight is 342 g/mol. The molecule has 25 heavy (non-hydrogen) atoms. The van der Waals surface area contributed by atoms with Gasteiger partial charge in [0.05, 0.1) is 29.8 Å². The summed E-state index contributed by atoms with van der Waals surface area (Å²) >= 11 is 0. The Morgan fingerprint density at radius 1 is 1.28 bits per heavy atom. The van der Waals surface area contributed by atoms with E-state index in [2.05, 4.69) is 25.2 Å². The summed E-state index contributed by atoms with van der Waals surface area (Å²) in [4.78, 5) is 26.0. The molecule has 2 N–H and O–H groups in total. The van der Waals surface area contributed by atoms with Gasteiger partial charge in [-0.1, -0.05) is 0 Å². The van der Waals surface area contributed by atoms with Gasteiger partial charge < -0.3 is 15.0 Å². The predicted octanol–water partition coefficient (Wildman–Crippen LogP) is 1.04. The Morgan fingerprint density at radius 2 is 2.12 bits per heavy atom. The molecule has 2 aromatic heterocycles. The number of morpholine rings is 1. The molecule has 0 amide bonds. The lowest BCUT2D eigenvalue weighted by atomic mass is 10.2. The second-order valence-electron chi connectivity index (χ2n) is 6.16. The van der Waals surface area contributed by atoms with E-state index in [1.54, 1.807) is 10.9 Å². The highest BCUT2D eigenvalue weighted by atomic mass is 16.5. The number of rotatable bonds is 5. The molecule has 3 heterocycles. The molecule has 0 spiro atoms. The zero-order valence-corrected chi connectivity index (χ0v) is 14.3. The summed E-state index contributed by atoms with van der Waals surface area (Å²) in [6.07, 6.45) is 1.56. The van der Waals surface area contributed by atoms with Crippen molar-refractivity contribution in [2.45, 2.75) is 13.5 Å². The second-order valence-corrected chi connectivity index (χ2v) is 6.16. The normalized spacial score (nSPS) is 15.9. The summed E-state index contributed by atoms with van der Waals surface area (Å²) < 4.78 is 7.08. The van der Waals surface area contributed by atoms with Crippen molar-refractivity contribution in [3.63, 3.8) is 0 Å². The average Bonchev–Trinajstić information content (AvgIpc) is 2.95. The van der Waals surface area contributed by atoms with Crippen LogP contribution in [0, 0.1) is 0 Å². The van der Waals surface area contributed by atoms with Gasteiger partial charge in [0, 0.05) is 38.1 Å². The summed E-state index contributed by atoms with van der Waals surface area (Å²) in [5.41, 5.74) is 2.42. The van der Waals surface area contributed by atoms with Gasteiger partial charge in [-0.15, -0.1) is 0 Å². The van der Waals surface area contributed by atoms with Gasteiger partial charge in [-0.25, -0.2) is 14.8 Å². The van der Waals surface area contributed by atoms with Crippen molar-refractivity contribution in [3.8, 4) is 0 Å². The molecule has 0 bridgehead atoms. The highest BCUT2D eigenvalue weighted by molar-refractivity contribution is 5.98. The molecule has 0 radical (unpaired) electrons. The Morgan fingerprint density at radius 3 is 2.92 bits per heavy atom. The molecule has 132 valence electrons. The number of anilines is 1. The summed E-state index contributed by atoms with van der Waals surface area (Å²) in [6.45, 7) is 7.87. The van der Waals surface area contributed by atoms with Gasteiger partial charge in [0.2, 0.25) is 0 Å². The molecule has 8 nitrogen and oxygen atoms in total. The van der Waals surface area contributed by atoms with Crippen LogP contribution in [0.5, 0.6) is 0 Å². The molecule has 0 aliphatic carbocycles. The SMILES string of the molecule is CCn1c(=O)[nH]c2cc3c(NCCN4CCOCC4)ncnc3cc21. The number of aryl methyl sites for hydroxylation is 1. The van der Waals surface area contributed by atoms with Crippen molar-refractivity contribution < 1.29 is 4.74 Å². The molecule has 3 aromatic rings. The number of nitrogens with zero attached hydrogens (tertiary/aromatic N) is 4. The number of hydrogen-bond donors (Lipinski definition) is 2. The van der Waals surface area contributed by atoms with Gasteiger partial charge in [0.25, 0.3) is 0 Å². The van der Waals surface area contributed by atoms with E-state index in [0.717, 1.165) is 67.1 Å². The Labute approximate surface area is 144 Å². The largest absolute Gasteiger partial charge is 0.379 e. The van der Waals surface area contributed by atoms with Gasteiger partial charge in [0.1, 0.15) is 12.1 Å². The lowest BCUT2D eigenvalue weighted by molar-refractivity contribution is 0.0398. The molecular formula is C17H22N6O2. The van der Waals surface area contributed by atoms with Crippen LogP contribution in [-0.2, 0) is 11.3 Å². The zero-order chi connectivity index (χ0) is 17.2. The highest BCUT2D eigenvalue weighted by Crippen LogP contribution is 2.24. The Hall–Kier alpha value is -2.45. The van der Waals surface area contributed by atoms with Crippen LogP contribution in [0.2, 0.25) is 0 Å². The molecule has 4 rings (SSSR count). The number of ether oxygens (including phenoxy) is 1. The standard InChI is InChI=1S/C17H22N6O2/c1-2-23-15-10-13-12(9-14(15)21-17(23)24)16(20-11-19-13)18-3-4-22-5-7-25-8-6-22/h9-11H,2-8H2,1H3,(H,21,24)(H,18,19,20). The van der Waals surface area contributed by atoms with Crippen molar-refractivity contribution >= 4 is 27.8 Å². The molecule has 8 heteroatoms. The third-order valence-corrected chi connectivity index (χ3v) is 4.67. The van der Waals surface area contributed by atoms with Crippen molar-refractivity contribution in [2.75, 3.05) is 44.7 Å². The van der Waals surface area contributed by atoms with Gasteiger partial charge in [-0.05, 0) is 19.1 Å². The number of aromatic amines is 1. The van der Waals surface area contributed by atoms with E-state index in [-0.39, 0.29) is 5.69 Å². The molecule has 1 aliphatic heterocycles. The van der Waals surface area contributed by atoms with Gasteiger partial charge in [-0.3, -0.25) is 9.47 Å². The first-order valence-corrected chi connectivity index (χ1v) is 8.67. The Balaban J connectivity index is 1.60. The van der Waals surface area contributed by atoms with Crippen LogP contribution in [0.4, 0.5) is 5.82 Å². The molecule has 1 fully saturated rings. The molecule has 0 unspecified atom stereocenters. The van der Waals surface area contributed by atoms with E-state index >= 15 is 0 Å². The van der Waals surface area contributed by atoms with E-state index in [1.165, 1.54) is 0 Å². The van der Waals surface area contributed by atoms with Crippen LogP contribution in [0.15, 0.2) is 23.3 Å². The number of H-pyrrole nitrogens is 1. The van der Waals surface area contributed by atoms with Crippen molar-refractivity contribution in [3.05, 3.63) is 28.9 Å². The quantitative estimate of drug-likeness (QED) is 0.720. The van der Waals surface area contributed by atoms with Crippen LogP contribution in [0.3, 0.4) is 0 Å². The van der Waals surface area contributed by atoms with E-state index in [4.69, 9.17) is 4.74 Å². The number of hydrogen-bond acceptors (Lipinski definition) is 6. The van der Waals surface area contributed by atoms with Crippen molar-refractivity contribution in [2.24, 2.45) is 0 Å². The number of benzene rings is 1. The number of aromatic nitrogens is 4. The zero-order valence-electron chi connectivity index (χ0n) is 14.3. The first kappa shape index (κ1) is 16.0. The minimum Gasteiger partial charge on any atom is -0.379 e. The summed E-state index contributed by atoms with van der Waals surface area (Å²) in [5.74, 6) is 0.797. The molecular weight excluding hydrogens is 320 g/mol. The van der Waals surface area contributed by atoms with Crippen molar-refractivity contribution in [1.82, 2.24) is 24.4 Å². The molecule has 1 saturated heterocycles. The maximum atomic E-state index is 12.0. The van der Waals surface area contributed by atoms with E-state index in [1.807, 2.05) is 19.1 Å². The molecule has 0 atom stereocenters. The van der Waals surface area contributed by atoms with Crippen LogP contribution in [0.25, 0.3) is 21.9 Å². The van der Waals surface area contributed by atoms with Gasteiger partial charge in [-0.2, -0.15) is 0 Å². The summed E-state index contributed by atoms with van der Waals surface area (Å²) in [5, 5.41) is 4.32. The predicted molar refractivity (Wildman–Crippen MR) is 97.1 cm³/mol. The molecule has 1 aromatic carbocycles. The minimum absolute atomic E-state index is 0.0948. The number of imidazole rings is 1. The molecule has 1 aliphatic rings. The fourth-order valence-corrected chi connectivity index (χ4v) is 3.32. The fourth-order valence-electron chi connectivity index (χ4n) is 3.32. The Kier molecular flexibility index (Phi) is 4.37. The highest BCUT2D eigenvalue weighted by Gasteiger charge is 2.12. The van der Waals surface area contributed by atoms with E-state index in [9.17, 15) is 4.79 Å². The van der Waals surface area contributed by atoms with Crippen LogP contribution in [0.1, 0.15) is 6.92 Å². The van der Waals surface area contributed by atoms with E-state index < -0.39 is 0 Å². The lowest BCUT2D eigenvalue weighted by Gasteiger charge is -2.26. The van der Waals surface area contributed by atoms with Crippen LogP contribution >= 0.6 is 0 Å². The van der Waals surface area contributed by atoms with Crippen molar-refractivity contribution in [1.29, 1.82) is 0 Å². The monoisotopic (exact) mass is 342 g/mol. The first-order chi connectivity index (χ1) is 12.3. The van der Waals surface area contributed by atoms with Crippen LogP contribution in [-0.4, -0.2) is 63.8 Å². The van der Waals surface area contributed by atoms with Crippen LogP contribution < -0.4 is 11.0 Å². The van der Waals surface area contributed by atoms with Gasteiger partial charge in [0.15, 0.2) is 0 Å². The van der Waals surface area contributed by atoms with Gasteiger partial charge >= 0.3 is 5.69 Å². The smallest absolute Gasteiger partial charge is 0.326 e. The maximum absolute atomic E-state index is 12.0. The maximum Gasteiger partial charge on any atom is 0.326 e. The number of fused-ring (bicyclic) bond motifs is 2. The summed E-state index contributed by atoms with van der Waals surface area (Å²) in [6, 6.07) is 3.90. The summed E-state index contributed by atoms with van der Waals surface area (Å²) in [7, 11) is 0. The first-order valence-electron chi connectivity index (χ1n) is 8.67. The fraction of sp³-hybridized carbons (Fsp3) is 0.471. The third-order valence-electron chi connectivity index (χ3n) is 4.67. The topological polar surface area (TPSA) is 88.1 Å². The lowest BCUT2D eigenvalue weighted by Crippen LogP contribution is -2.39. The third kappa shape index (κ3) is 3.10. The Bertz CT molecular complexity index is 941.